The minimum absolute atomic E-state index is 0.0350. The maximum Gasteiger partial charge on any atom is 0.417 e. The highest BCUT2D eigenvalue weighted by atomic mass is 35.5. The van der Waals surface area contributed by atoms with Crippen LogP contribution in [0.5, 0.6) is 0 Å². The first-order chi connectivity index (χ1) is 15.3. The van der Waals surface area contributed by atoms with Gasteiger partial charge in [0, 0.05) is 19.5 Å². The zero-order valence-electron chi connectivity index (χ0n) is 17.2. The molecule has 0 saturated carbocycles. The molecule has 0 aliphatic carbocycles. The molecule has 4 rings (SSSR count). The maximum atomic E-state index is 15.1. The van der Waals surface area contributed by atoms with E-state index < -0.39 is 23.8 Å². The van der Waals surface area contributed by atoms with Crippen molar-refractivity contribution in [3.05, 3.63) is 68.2 Å². The Morgan fingerprint density at radius 3 is 2.18 bits per heavy atom. The summed E-state index contributed by atoms with van der Waals surface area (Å²) in [4.78, 5) is 12.9. The van der Waals surface area contributed by atoms with E-state index in [0.717, 1.165) is 12.1 Å². The summed E-state index contributed by atoms with van der Waals surface area (Å²) in [6, 6.07) is 8.39. The molecule has 1 N–H and O–H groups in total. The molecule has 2 aromatic carbocycles. The molecule has 1 saturated heterocycles. The molecule has 2 aliphatic rings. The standard InChI is InChI=1S/C22H18Cl3F4N3O/c1-12(33)9-32-10-20(26,11-32)14-4-2-13(3-5-14)18-8-21(31-30-18,22(27,28)29)15-6-16(23)19(25)17(24)7-15/h2-7,31H,8-11H2,1H3. The summed E-state index contributed by atoms with van der Waals surface area (Å²) in [5.41, 5.74) is -1.15. The van der Waals surface area contributed by atoms with Gasteiger partial charge in [0.1, 0.15) is 5.78 Å². The third-order valence-electron chi connectivity index (χ3n) is 5.91. The van der Waals surface area contributed by atoms with E-state index in [9.17, 15) is 18.0 Å². The molecular weight excluding hydrogens is 505 g/mol. The number of benzene rings is 2. The Kier molecular flexibility index (Phi) is 6.18. The fourth-order valence-electron chi connectivity index (χ4n) is 4.19. The van der Waals surface area contributed by atoms with E-state index in [-0.39, 0.29) is 51.8 Å². The van der Waals surface area contributed by atoms with Crippen LogP contribution in [0.4, 0.5) is 17.6 Å². The first kappa shape index (κ1) is 24.3. The molecule has 2 heterocycles. The summed E-state index contributed by atoms with van der Waals surface area (Å²) in [5.74, 6) is -0.0458. The van der Waals surface area contributed by atoms with Crippen molar-refractivity contribution in [1.82, 2.24) is 10.3 Å². The number of likely N-dealkylation sites (tertiary alicyclic amines) is 1. The molecule has 1 fully saturated rings. The molecule has 11 heteroatoms. The highest BCUT2D eigenvalue weighted by Crippen LogP contribution is 2.47. The van der Waals surface area contributed by atoms with Crippen LogP contribution < -0.4 is 5.43 Å². The molecule has 1 atom stereocenters. The summed E-state index contributed by atoms with van der Waals surface area (Å²) >= 11 is 17.8. The quantitative estimate of drug-likeness (QED) is 0.395. The minimum Gasteiger partial charge on any atom is -0.299 e. The number of halogens is 7. The topological polar surface area (TPSA) is 44.7 Å². The van der Waals surface area contributed by atoms with Gasteiger partial charge in [-0.05, 0) is 35.7 Å². The lowest BCUT2D eigenvalue weighted by molar-refractivity contribution is -0.196. The van der Waals surface area contributed by atoms with Crippen molar-refractivity contribution >= 4 is 46.3 Å². The number of rotatable bonds is 5. The van der Waals surface area contributed by atoms with Gasteiger partial charge in [-0.15, -0.1) is 0 Å². The van der Waals surface area contributed by atoms with E-state index in [0.29, 0.717) is 11.1 Å². The monoisotopic (exact) mass is 521 g/mol. The number of alkyl halides is 4. The number of carbonyl (C=O) groups excluding carboxylic acids is 1. The number of carbonyl (C=O) groups is 1. The molecule has 0 spiro atoms. The van der Waals surface area contributed by atoms with Crippen LogP contribution >= 0.6 is 34.8 Å². The molecule has 33 heavy (non-hydrogen) atoms. The van der Waals surface area contributed by atoms with Gasteiger partial charge in [0.2, 0.25) is 0 Å². The van der Waals surface area contributed by atoms with Gasteiger partial charge in [-0.3, -0.25) is 15.1 Å². The lowest BCUT2D eigenvalue weighted by atomic mass is 9.83. The van der Waals surface area contributed by atoms with Gasteiger partial charge >= 0.3 is 6.18 Å². The van der Waals surface area contributed by atoms with Crippen molar-refractivity contribution < 1.29 is 22.4 Å². The van der Waals surface area contributed by atoms with Crippen molar-refractivity contribution in [1.29, 1.82) is 0 Å². The number of ketones is 1. The average Bonchev–Trinajstić information content (AvgIpc) is 3.17. The van der Waals surface area contributed by atoms with Crippen LogP contribution in [0, 0.1) is 0 Å². The van der Waals surface area contributed by atoms with E-state index in [4.69, 9.17) is 34.8 Å². The van der Waals surface area contributed by atoms with Crippen LogP contribution in [0.1, 0.15) is 30.0 Å². The van der Waals surface area contributed by atoms with Crippen LogP contribution in [0.15, 0.2) is 41.5 Å². The predicted molar refractivity (Wildman–Crippen MR) is 120 cm³/mol. The molecular formula is C22H18Cl3F4N3O. The summed E-state index contributed by atoms with van der Waals surface area (Å²) in [6.07, 6.45) is -5.24. The second kappa shape index (κ2) is 8.41. The number of hydrogen-bond donors (Lipinski definition) is 1. The average molecular weight is 523 g/mol. The number of hydrazone groups is 1. The molecule has 1 unspecified atom stereocenters. The van der Waals surface area contributed by atoms with Crippen LogP contribution in [0.3, 0.4) is 0 Å². The van der Waals surface area contributed by atoms with Gasteiger partial charge in [-0.2, -0.15) is 18.3 Å². The van der Waals surface area contributed by atoms with Crippen LogP contribution in [-0.2, 0) is 16.0 Å². The maximum absolute atomic E-state index is 15.1. The zero-order valence-corrected chi connectivity index (χ0v) is 19.5. The van der Waals surface area contributed by atoms with Crippen molar-refractivity contribution in [2.24, 2.45) is 5.10 Å². The molecule has 0 bridgehead atoms. The highest BCUT2D eigenvalue weighted by molar-refractivity contribution is 6.48. The van der Waals surface area contributed by atoms with Crippen molar-refractivity contribution in [2.45, 2.75) is 30.7 Å². The van der Waals surface area contributed by atoms with Crippen LogP contribution in [0.25, 0.3) is 0 Å². The second-order valence-corrected chi connectivity index (χ2v) is 9.59. The number of nitrogens with zero attached hydrogens (tertiary/aromatic N) is 2. The lowest BCUT2D eigenvalue weighted by Gasteiger charge is -2.44. The molecule has 0 aromatic heterocycles. The Labute approximate surface area is 202 Å². The lowest BCUT2D eigenvalue weighted by Crippen LogP contribution is -2.57. The number of Topliss-reactive ketones (excluding diaryl/α,β-unsaturated/α-hetero) is 1. The Bertz CT molecular complexity index is 1110. The second-order valence-electron chi connectivity index (χ2n) is 8.39. The molecule has 176 valence electrons. The third-order valence-corrected chi connectivity index (χ3v) is 7.10. The SMILES string of the molecule is CC(=O)CN1CC(F)(c2ccc(C3=NNC(c4cc(Cl)c(Cl)c(Cl)c4)(C(F)(F)F)C3)cc2)C1. The minimum atomic E-state index is -4.73. The molecule has 2 aliphatic heterocycles. The molecule has 4 nitrogen and oxygen atoms in total. The Morgan fingerprint density at radius 2 is 1.67 bits per heavy atom. The molecule has 0 radical (unpaired) electrons. The van der Waals surface area contributed by atoms with Crippen LogP contribution in [-0.4, -0.2) is 42.2 Å². The van der Waals surface area contributed by atoms with Gasteiger partial charge in [-0.25, -0.2) is 4.39 Å². The van der Waals surface area contributed by atoms with E-state index in [1.165, 1.54) is 19.1 Å². The first-order valence-electron chi connectivity index (χ1n) is 9.92. The van der Waals surface area contributed by atoms with E-state index in [1.807, 2.05) is 0 Å². The Hall–Kier alpha value is -1.87. The molecule has 2 aromatic rings. The Balaban J connectivity index is 1.56. The third kappa shape index (κ3) is 4.34. The summed E-state index contributed by atoms with van der Waals surface area (Å²) < 4.78 is 57.7. The fraction of sp³-hybridized carbons (Fsp3) is 0.364. The van der Waals surface area contributed by atoms with Gasteiger partial charge in [0.15, 0.2) is 11.2 Å². The van der Waals surface area contributed by atoms with Gasteiger partial charge in [0.25, 0.3) is 0 Å². The summed E-state index contributed by atoms with van der Waals surface area (Å²) in [5, 5.41) is 3.70. The largest absolute Gasteiger partial charge is 0.417 e. The number of nitrogens with one attached hydrogen (secondary N) is 1. The van der Waals surface area contributed by atoms with Crippen LogP contribution in [0.2, 0.25) is 15.1 Å². The van der Waals surface area contributed by atoms with Crippen molar-refractivity contribution in [3.63, 3.8) is 0 Å². The number of hydrogen-bond acceptors (Lipinski definition) is 4. The van der Waals surface area contributed by atoms with Gasteiger partial charge in [0.05, 0.1) is 27.3 Å². The predicted octanol–water partition coefficient (Wildman–Crippen LogP) is 5.87. The van der Waals surface area contributed by atoms with E-state index in [2.05, 4.69) is 10.5 Å². The Morgan fingerprint density at radius 1 is 1.09 bits per heavy atom. The normalized spacial score (nSPS) is 22.5. The molecule has 0 amide bonds. The zero-order chi connectivity index (χ0) is 24.2. The van der Waals surface area contributed by atoms with Gasteiger partial charge in [-0.1, -0.05) is 59.1 Å². The fourth-order valence-corrected chi connectivity index (χ4v) is 4.78. The highest BCUT2D eigenvalue weighted by Gasteiger charge is 2.59. The first-order valence-corrected chi connectivity index (χ1v) is 11.1. The smallest absolute Gasteiger partial charge is 0.299 e. The van der Waals surface area contributed by atoms with Crippen molar-refractivity contribution in [3.8, 4) is 0 Å². The van der Waals surface area contributed by atoms with Gasteiger partial charge < -0.3 is 0 Å². The summed E-state index contributed by atoms with van der Waals surface area (Å²) in [7, 11) is 0. The summed E-state index contributed by atoms with van der Waals surface area (Å²) in [6.45, 7) is 1.80. The van der Waals surface area contributed by atoms with E-state index >= 15 is 4.39 Å². The van der Waals surface area contributed by atoms with E-state index in [1.54, 1.807) is 17.0 Å². The van der Waals surface area contributed by atoms with Crippen molar-refractivity contribution in [2.75, 3.05) is 19.6 Å².